The second kappa shape index (κ2) is 10.2. The van der Waals surface area contributed by atoms with Gasteiger partial charge in [-0.1, -0.05) is 27.2 Å². The Balaban J connectivity index is 4.03. The Morgan fingerprint density at radius 1 is 1.10 bits per heavy atom. The van der Waals surface area contributed by atoms with Crippen LogP contribution in [-0.2, 0) is 14.4 Å². The monoisotopic (exact) mass is 286 g/mol. The minimum Gasteiger partial charge on any atom is -0.480 e. The minimum absolute atomic E-state index is 0.0728. The average molecular weight is 286 g/mol. The van der Waals surface area contributed by atoms with Gasteiger partial charge >= 0.3 is 5.97 Å². The smallest absolute Gasteiger partial charge is 0.326 e. The van der Waals surface area contributed by atoms with Crippen LogP contribution in [0.2, 0.25) is 0 Å². The second-order valence-corrected chi connectivity index (χ2v) is 4.97. The van der Waals surface area contributed by atoms with Crippen molar-refractivity contribution >= 4 is 17.8 Å². The van der Waals surface area contributed by atoms with E-state index in [4.69, 9.17) is 5.11 Å². The van der Waals surface area contributed by atoms with Crippen LogP contribution in [0.3, 0.4) is 0 Å². The molecule has 0 aromatic rings. The zero-order chi connectivity index (χ0) is 15.5. The SMILES string of the molecule is CCCNC(=O)CCCC(=O)NC(C(=O)O)C(C)CC. The fourth-order valence-electron chi connectivity index (χ4n) is 1.69. The van der Waals surface area contributed by atoms with E-state index in [0.29, 0.717) is 19.4 Å². The van der Waals surface area contributed by atoms with Crippen LogP contribution in [0.5, 0.6) is 0 Å². The summed E-state index contributed by atoms with van der Waals surface area (Å²) in [5.41, 5.74) is 0. The largest absolute Gasteiger partial charge is 0.480 e. The van der Waals surface area contributed by atoms with Crippen molar-refractivity contribution in [1.82, 2.24) is 10.6 Å². The Morgan fingerprint density at radius 2 is 1.70 bits per heavy atom. The molecule has 0 saturated carbocycles. The van der Waals surface area contributed by atoms with Gasteiger partial charge in [-0.3, -0.25) is 9.59 Å². The molecule has 0 aliphatic carbocycles. The van der Waals surface area contributed by atoms with Gasteiger partial charge in [-0.25, -0.2) is 4.79 Å². The predicted molar refractivity (Wildman–Crippen MR) is 76.2 cm³/mol. The van der Waals surface area contributed by atoms with Gasteiger partial charge in [-0.05, 0) is 18.8 Å². The molecular weight excluding hydrogens is 260 g/mol. The van der Waals surface area contributed by atoms with Crippen molar-refractivity contribution in [2.75, 3.05) is 6.54 Å². The van der Waals surface area contributed by atoms with Gasteiger partial charge in [0.2, 0.25) is 11.8 Å². The highest BCUT2D eigenvalue weighted by Crippen LogP contribution is 2.08. The van der Waals surface area contributed by atoms with Gasteiger partial charge in [-0.15, -0.1) is 0 Å². The summed E-state index contributed by atoms with van der Waals surface area (Å²) >= 11 is 0. The van der Waals surface area contributed by atoms with E-state index in [2.05, 4.69) is 10.6 Å². The molecule has 20 heavy (non-hydrogen) atoms. The predicted octanol–water partition coefficient (Wildman–Crippen LogP) is 1.30. The summed E-state index contributed by atoms with van der Waals surface area (Å²) in [4.78, 5) is 34.1. The Labute approximate surface area is 120 Å². The van der Waals surface area contributed by atoms with Crippen LogP contribution in [0, 0.1) is 5.92 Å². The first kappa shape index (κ1) is 18.4. The summed E-state index contributed by atoms with van der Waals surface area (Å²) < 4.78 is 0. The second-order valence-electron chi connectivity index (χ2n) is 4.97. The van der Waals surface area contributed by atoms with E-state index in [1.54, 1.807) is 6.92 Å². The topological polar surface area (TPSA) is 95.5 Å². The molecule has 0 rings (SSSR count). The molecule has 2 amide bonds. The minimum atomic E-state index is -1.02. The maximum Gasteiger partial charge on any atom is 0.326 e. The highest BCUT2D eigenvalue weighted by molar-refractivity contribution is 5.84. The number of aliphatic carboxylic acids is 1. The molecule has 2 unspecified atom stereocenters. The number of amides is 2. The van der Waals surface area contributed by atoms with Crippen molar-refractivity contribution in [1.29, 1.82) is 0 Å². The molecule has 0 spiro atoms. The fourth-order valence-corrected chi connectivity index (χ4v) is 1.69. The molecule has 3 N–H and O–H groups in total. The number of carboxylic acid groups (broad SMARTS) is 1. The van der Waals surface area contributed by atoms with Crippen LogP contribution in [0.15, 0.2) is 0 Å². The van der Waals surface area contributed by atoms with Crippen LogP contribution < -0.4 is 10.6 Å². The summed E-state index contributed by atoms with van der Waals surface area (Å²) in [5, 5.41) is 14.3. The van der Waals surface area contributed by atoms with E-state index in [1.807, 2.05) is 13.8 Å². The lowest BCUT2D eigenvalue weighted by Crippen LogP contribution is -2.45. The van der Waals surface area contributed by atoms with Crippen LogP contribution >= 0.6 is 0 Å². The Hall–Kier alpha value is -1.59. The normalized spacial score (nSPS) is 13.3. The molecule has 6 heteroatoms. The number of hydrogen-bond donors (Lipinski definition) is 3. The first-order chi connectivity index (χ1) is 9.42. The van der Waals surface area contributed by atoms with E-state index in [-0.39, 0.29) is 30.6 Å². The van der Waals surface area contributed by atoms with Crippen molar-refractivity contribution in [3.05, 3.63) is 0 Å². The third kappa shape index (κ3) is 7.76. The summed E-state index contributed by atoms with van der Waals surface area (Å²) in [6, 6.07) is -0.860. The maximum absolute atomic E-state index is 11.7. The van der Waals surface area contributed by atoms with Gasteiger partial charge in [-0.2, -0.15) is 0 Å². The lowest BCUT2D eigenvalue weighted by Gasteiger charge is -2.20. The summed E-state index contributed by atoms with van der Waals surface area (Å²) in [6.45, 7) is 6.27. The van der Waals surface area contributed by atoms with Gasteiger partial charge < -0.3 is 15.7 Å². The van der Waals surface area contributed by atoms with E-state index in [0.717, 1.165) is 6.42 Å². The van der Waals surface area contributed by atoms with Crippen molar-refractivity contribution in [2.45, 2.75) is 58.9 Å². The number of carboxylic acids is 1. The van der Waals surface area contributed by atoms with Gasteiger partial charge in [0.05, 0.1) is 0 Å². The fraction of sp³-hybridized carbons (Fsp3) is 0.786. The number of nitrogens with one attached hydrogen (secondary N) is 2. The summed E-state index contributed by atoms with van der Waals surface area (Å²) in [5.74, 6) is -1.53. The third-order valence-electron chi connectivity index (χ3n) is 3.18. The molecule has 0 aromatic carbocycles. The Bertz CT molecular complexity index is 331. The van der Waals surface area contributed by atoms with E-state index in [1.165, 1.54) is 0 Å². The molecule has 0 saturated heterocycles. The summed E-state index contributed by atoms with van der Waals surface area (Å²) in [7, 11) is 0. The highest BCUT2D eigenvalue weighted by Gasteiger charge is 2.24. The number of rotatable bonds is 10. The number of carbonyl (C=O) groups excluding carboxylic acids is 2. The van der Waals surface area contributed by atoms with Gasteiger partial charge in [0.15, 0.2) is 0 Å². The number of carbonyl (C=O) groups is 3. The van der Waals surface area contributed by atoms with Crippen LogP contribution in [0.1, 0.15) is 52.9 Å². The molecule has 0 heterocycles. The zero-order valence-electron chi connectivity index (χ0n) is 12.6. The molecule has 0 aliphatic rings. The van der Waals surface area contributed by atoms with Crippen molar-refractivity contribution in [3.63, 3.8) is 0 Å². The van der Waals surface area contributed by atoms with Gasteiger partial charge in [0, 0.05) is 19.4 Å². The van der Waals surface area contributed by atoms with Crippen molar-refractivity contribution in [3.8, 4) is 0 Å². The lowest BCUT2D eigenvalue weighted by molar-refractivity contribution is -0.143. The molecule has 0 bridgehead atoms. The third-order valence-corrected chi connectivity index (χ3v) is 3.18. The van der Waals surface area contributed by atoms with Crippen LogP contribution in [-0.4, -0.2) is 35.5 Å². The molecule has 0 radical (unpaired) electrons. The molecule has 0 aliphatic heterocycles. The van der Waals surface area contributed by atoms with Crippen LogP contribution in [0.25, 0.3) is 0 Å². The quantitative estimate of drug-likeness (QED) is 0.564. The summed E-state index contributed by atoms with van der Waals surface area (Å²) in [6.07, 6.45) is 2.43. The average Bonchev–Trinajstić information content (AvgIpc) is 2.41. The van der Waals surface area contributed by atoms with Gasteiger partial charge in [0.25, 0.3) is 0 Å². The van der Waals surface area contributed by atoms with Gasteiger partial charge in [0.1, 0.15) is 6.04 Å². The molecule has 0 fully saturated rings. The van der Waals surface area contributed by atoms with Crippen molar-refractivity contribution in [2.24, 2.45) is 5.92 Å². The highest BCUT2D eigenvalue weighted by atomic mass is 16.4. The molecule has 6 nitrogen and oxygen atoms in total. The Morgan fingerprint density at radius 3 is 2.20 bits per heavy atom. The molecule has 116 valence electrons. The first-order valence-electron chi connectivity index (χ1n) is 7.21. The lowest BCUT2D eigenvalue weighted by atomic mass is 9.99. The zero-order valence-corrected chi connectivity index (χ0v) is 12.6. The first-order valence-corrected chi connectivity index (χ1v) is 7.21. The standard InChI is InChI=1S/C14H26N2O4/c1-4-9-15-11(17)7-6-8-12(18)16-13(14(19)20)10(3)5-2/h10,13H,4-9H2,1-3H3,(H,15,17)(H,16,18)(H,19,20). The van der Waals surface area contributed by atoms with Crippen LogP contribution in [0.4, 0.5) is 0 Å². The molecular formula is C14H26N2O4. The number of hydrogen-bond acceptors (Lipinski definition) is 3. The van der Waals surface area contributed by atoms with Crippen molar-refractivity contribution < 1.29 is 19.5 Å². The molecule has 0 aromatic heterocycles. The maximum atomic E-state index is 11.7. The van der Waals surface area contributed by atoms with E-state index in [9.17, 15) is 14.4 Å². The molecule has 2 atom stereocenters. The van der Waals surface area contributed by atoms with E-state index >= 15 is 0 Å². The van der Waals surface area contributed by atoms with E-state index < -0.39 is 12.0 Å². The Kier molecular flexibility index (Phi) is 9.41.